The number of nitrogens with two attached hydrogens (primary N) is 1. The molecule has 0 saturated carbocycles. The molecule has 182 valence electrons. The van der Waals surface area contributed by atoms with E-state index in [1.54, 1.807) is 21.9 Å². The van der Waals surface area contributed by atoms with Crippen LogP contribution < -0.4 is 10.6 Å². The van der Waals surface area contributed by atoms with E-state index in [9.17, 15) is 14.9 Å². The number of aromatic nitrogens is 2. The molecule has 1 amide bonds. The van der Waals surface area contributed by atoms with Crippen LogP contribution in [0.25, 0.3) is 16.5 Å². The summed E-state index contributed by atoms with van der Waals surface area (Å²) in [6.45, 7) is 7.91. The van der Waals surface area contributed by atoms with Crippen molar-refractivity contribution in [1.29, 1.82) is 5.26 Å². The summed E-state index contributed by atoms with van der Waals surface area (Å²) in [7, 11) is 1.27. The molecule has 0 atom stereocenters. The molecule has 1 aliphatic rings. The Hall–Kier alpha value is -4.26. The monoisotopic (exact) mass is 476 g/mol. The number of fused-ring (bicyclic) bond motifs is 1. The fourth-order valence-electron chi connectivity index (χ4n) is 4.21. The van der Waals surface area contributed by atoms with Crippen molar-refractivity contribution < 1.29 is 19.1 Å². The highest BCUT2D eigenvalue weighted by Crippen LogP contribution is 2.34. The quantitative estimate of drug-likeness (QED) is 0.571. The third kappa shape index (κ3) is 4.57. The Morgan fingerprint density at radius 1 is 1.09 bits per heavy atom. The van der Waals surface area contributed by atoms with Crippen molar-refractivity contribution in [2.45, 2.75) is 26.4 Å². The van der Waals surface area contributed by atoms with Crippen molar-refractivity contribution in [2.24, 2.45) is 0 Å². The number of methoxy groups -OCH3 is 1. The number of esters is 1. The van der Waals surface area contributed by atoms with Crippen LogP contribution >= 0.6 is 0 Å². The van der Waals surface area contributed by atoms with Gasteiger partial charge in [-0.1, -0.05) is 0 Å². The molecule has 3 heterocycles. The normalized spacial score (nSPS) is 14.0. The lowest BCUT2D eigenvalue weighted by Crippen LogP contribution is -2.50. The van der Waals surface area contributed by atoms with E-state index in [1.165, 1.54) is 13.3 Å². The van der Waals surface area contributed by atoms with Gasteiger partial charge in [-0.05, 0) is 39.0 Å². The summed E-state index contributed by atoms with van der Waals surface area (Å²) in [5, 5.41) is 11.2. The van der Waals surface area contributed by atoms with Crippen molar-refractivity contribution in [2.75, 3.05) is 43.9 Å². The highest BCUT2D eigenvalue weighted by Gasteiger charge is 2.27. The second-order valence-electron chi connectivity index (χ2n) is 9.26. The second kappa shape index (κ2) is 9.18. The molecular weight excluding hydrogens is 448 g/mol. The third-order valence-electron chi connectivity index (χ3n) is 5.85. The van der Waals surface area contributed by atoms with Crippen molar-refractivity contribution >= 4 is 34.2 Å². The van der Waals surface area contributed by atoms with E-state index in [-0.39, 0.29) is 23.0 Å². The Morgan fingerprint density at radius 3 is 2.40 bits per heavy atom. The van der Waals surface area contributed by atoms with Gasteiger partial charge in [-0.2, -0.15) is 5.26 Å². The van der Waals surface area contributed by atoms with E-state index in [1.807, 2.05) is 45.0 Å². The largest absolute Gasteiger partial charge is 0.464 e. The van der Waals surface area contributed by atoms with Gasteiger partial charge in [0.1, 0.15) is 11.7 Å². The lowest BCUT2D eigenvalue weighted by molar-refractivity contribution is 0.0240. The molecule has 4 rings (SSSR count). The van der Waals surface area contributed by atoms with Crippen LogP contribution in [0.5, 0.6) is 0 Å². The van der Waals surface area contributed by atoms with Gasteiger partial charge in [0.05, 0.1) is 24.0 Å². The van der Waals surface area contributed by atoms with Crippen molar-refractivity contribution in [1.82, 2.24) is 14.5 Å². The van der Waals surface area contributed by atoms with E-state index in [0.717, 1.165) is 16.5 Å². The third-order valence-corrected chi connectivity index (χ3v) is 5.85. The number of hydrogen-bond acceptors (Lipinski definition) is 8. The van der Waals surface area contributed by atoms with E-state index >= 15 is 0 Å². The molecule has 1 aliphatic heterocycles. The standard InChI is InChI=1S/C25H28N6O4/c1-25(2,3)35-24(33)30-11-9-29(10-12-30)19-5-6-20(18-14-28-8-7-17(18)19)31-15-16(13-26)21(27)22(31)23(32)34-4/h5-8,14-15H,9-12,27H2,1-4H3. The van der Waals surface area contributed by atoms with Crippen molar-refractivity contribution in [3.63, 3.8) is 0 Å². The summed E-state index contributed by atoms with van der Waals surface area (Å²) in [4.78, 5) is 33.1. The maximum atomic E-state index is 12.5. The van der Waals surface area contributed by atoms with Gasteiger partial charge in [-0.3, -0.25) is 4.98 Å². The number of nitrogen functional groups attached to an aromatic ring is 1. The molecule has 0 spiro atoms. The number of hydrogen-bond donors (Lipinski definition) is 1. The number of benzene rings is 1. The first-order chi connectivity index (χ1) is 16.6. The second-order valence-corrected chi connectivity index (χ2v) is 9.26. The average molecular weight is 477 g/mol. The van der Waals surface area contributed by atoms with Gasteiger partial charge in [-0.25, -0.2) is 9.59 Å². The van der Waals surface area contributed by atoms with Gasteiger partial charge in [0.25, 0.3) is 0 Å². The van der Waals surface area contributed by atoms with E-state index in [4.69, 9.17) is 15.2 Å². The van der Waals surface area contributed by atoms with Gasteiger partial charge < -0.3 is 29.6 Å². The van der Waals surface area contributed by atoms with Gasteiger partial charge in [0.15, 0.2) is 5.69 Å². The number of nitrogens with zero attached hydrogens (tertiary/aromatic N) is 5. The zero-order chi connectivity index (χ0) is 25.3. The van der Waals surface area contributed by atoms with E-state index < -0.39 is 11.6 Å². The number of anilines is 2. The van der Waals surface area contributed by atoms with Gasteiger partial charge in [-0.15, -0.1) is 0 Å². The fourth-order valence-corrected chi connectivity index (χ4v) is 4.21. The topological polar surface area (TPSA) is 127 Å². The molecule has 10 heteroatoms. The van der Waals surface area contributed by atoms with Gasteiger partial charge in [0.2, 0.25) is 0 Å². The van der Waals surface area contributed by atoms with E-state index in [2.05, 4.69) is 9.88 Å². The first kappa shape index (κ1) is 23.9. The van der Waals surface area contributed by atoms with Crippen LogP contribution in [-0.4, -0.2) is 65.4 Å². The number of piperazine rings is 1. The summed E-state index contributed by atoms with van der Waals surface area (Å²) in [6.07, 6.45) is 4.64. The zero-order valence-corrected chi connectivity index (χ0v) is 20.2. The number of rotatable bonds is 3. The highest BCUT2D eigenvalue weighted by molar-refractivity contribution is 6.02. The maximum Gasteiger partial charge on any atom is 0.410 e. The molecule has 10 nitrogen and oxygen atoms in total. The average Bonchev–Trinajstić information content (AvgIpc) is 3.17. The molecule has 0 unspecified atom stereocenters. The lowest BCUT2D eigenvalue weighted by atomic mass is 10.1. The molecule has 0 bridgehead atoms. The zero-order valence-electron chi connectivity index (χ0n) is 20.2. The summed E-state index contributed by atoms with van der Waals surface area (Å²) < 4.78 is 12.0. The predicted molar refractivity (Wildman–Crippen MR) is 132 cm³/mol. The number of pyridine rings is 1. The number of ether oxygens (including phenoxy) is 2. The number of nitriles is 1. The minimum absolute atomic E-state index is 0.0683. The first-order valence-corrected chi connectivity index (χ1v) is 11.2. The van der Waals surface area contributed by atoms with Crippen LogP contribution in [0.2, 0.25) is 0 Å². The fraction of sp³-hybridized carbons (Fsp3) is 0.360. The molecule has 3 aromatic rings. The number of amides is 1. The van der Waals surface area contributed by atoms with Gasteiger partial charge in [0, 0.05) is 61.2 Å². The van der Waals surface area contributed by atoms with Crippen molar-refractivity contribution in [3.8, 4) is 11.8 Å². The molecule has 2 aromatic heterocycles. The van der Waals surface area contributed by atoms with Crippen LogP contribution in [0.15, 0.2) is 36.8 Å². The molecular formula is C25H28N6O4. The first-order valence-electron chi connectivity index (χ1n) is 11.2. The Kier molecular flexibility index (Phi) is 6.26. The maximum absolute atomic E-state index is 12.5. The smallest absolute Gasteiger partial charge is 0.410 e. The summed E-state index contributed by atoms with van der Waals surface area (Å²) in [5.41, 5.74) is 7.52. The van der Waals surface area contributed by atoms with Gasteiger partial charge >= 0.3 is 12.1 Å². The summed E-state index contributed by atoms with van der Waals surface area (Å²) in [6, 6.07) is 7.76. The summed E-state index contributed by atoms with van der Waals surface area (Å²) in [5.74, 6) is -0.636. The van der Waals surface area contributed by atoms with Crippen LogP contribution in [0.4, 0.5) is 16.2 Å². The number of carbonyl (C=O) groups excluding carboxylic acids is 2. The van der Waals surface area contributed by atoms with Crippen LogP contribution in [0, 0.1) is 11.3 Å². The molecule has 0 aliphatic carbocycles. The Morgan fingerprint density at radius 2 is 1.77 bits per heavy atom. The highest BCUT2D eigenvalue weighted by atomic mass is 16.6. The molecule has 35 heavy (non-hydrogen) atoms. The van der Waals surface area contributed by atoms with E-state index in [0.29, 0.717) is 31.9 Å². The lowest BCUT2D eigenvalue weighted by Gasteiger charge is -2.37. The predicted octanol–water partition coefficient (Wildman–Crippen LogP) is 3.32. The SMILES string of the molecule is COC(=O)c1c(N)c(C#N)cn1-c1ccc(N2CCN(C(=O)OC(C)(C)C)CC2)c2ccncc12. The minimum Gasteiger partial charge on any atom is -0.464 e. The van der Waals surface area contributed by atoms with Crippen LogP contribution in [0.3, 0.4) is 0 Å². The Bertz CT molecular complexity index is 1330. The Balaban J connectivity index is 1.69. The van der Waals surface area contributed by atoms with Crippen LogP contribution in [-0.2, 0) is 9.47 Å². The molecule has 0 radical (unpaired) electrons. The summed E-state index contributed by atoms with van der Waals surface area (Å²) >= 11 is 0. The number of carbonyl (C=O) groups is 2. The Labute approximate surface area is 203 Å². The molecule has 1 saturated heterocycles. The molecule has 1 aromatic carbocycles. The van der Waals surface area contributed by atoms with Crippen molar-refractivity contribution in [3.05, 3.63) is 48.0 Å². The minimum atomic E-state index is -0.636. The van der Waals surface area contributed by atoms with Crippen LogP contribution in [0.1, 0.15) is 36.8 Å². The molecule has 2 N–H and O–H groups in total. The molecule has 1 fully saturated rings.